The van der Waals surface area contributed by atoms with E-state index in [9.17, 15) is 8.42 Å². The number of hydrogen-bond donors (Lipinski definition) is 1. The van der Waals surface area contributed by atoms with Crippen LogP contribution in [0.4, 0.5) is 5.82 Å². The minimum Gasteiger partial charge on any atom is -0.383 e. The van der Waals surface area contributed by atoms with Crippen molar-refractivity contribution in [3.63, 3.8) is 0 Å². The summed E-state index contributed by atoms with van der Waals surface area (Å²) in [6, 6.07) is 8.17. The average Bonchev–Trinajstić information content (AvgIpc) is 2.31. The fourth-order valence-electron chi connectivity index (χ4n) is 1.58. The number of nitrogens with two attached hydrogens (primary N) is 1. The second-order valence-electron chi connectivity index (χ2n) is 3.89. The largest absolute Gasteiger partial charge is 0.383 e. The zero-order chi connectivity index (χ0) is 13.3. The van der Waals surface area contributed by atoms with Gasteiger partial charge < -0.3 is 5.73 Å². The molecule has 6 heteroatoms. The molecule has 2 aromatic rings. The monoisotopic (exact) mass is 282 g/mol. The van der Waals surface area contributed by atoms with Crippen LogP contribution in [0.25, 0.3) is 11.1 Å². The number of hydrogen-bond acceptors (Lipinski definition) is 4. The molecule has 0 saturated heterocycles. The predicted octanol–water partition coefficient (Wildman–Crippen LogP) is 2.39. The Balaban J connectivity index is 2.62. The summed E-state index contributed by atoms with van der Waals surface area (Å²) in [6.07, 6.45) is 2.60. The van der Waals surface area contributed by atoms with Crippen molar-refractivity contribution in [2.24, 2.45) is 0 Å². The SMILES string of the molecule is CS(=O)(=O)c1cccc(-c2cc(Cl)cnc2N)c1. The van der Waals surface area contributed by atoms with Gasteiger partial charge in [-0.3, -0.25) is 0 Å². The predicted molar refractivity (Wildman–Crippen MR) is 72.2 cm³/mol. The maximum Gasteiger partial charge on any atom is 0.175 e. The van der Waals surface area contributed by atoms with E-state index in [1.54, 1.807) is 24.3 Å². The van der Waals surface area contributed by atoms with E-state index in [0.717, 1.165) is 6.26 Å². The van der Waals surface area contributed by atoms with E-state index >= 15 is 0 Å². The zero-order valence-corrected chi connectivity index (χ0v) is 11.2. The Labute approximate surface area is 110 Å². The van der Waals surface area contributed by atoms with Gasteiger partial charge in [-0.25, -0.2) is 13.4 Å². The molecule has 0 aliphatic carbocycles. The number of rotatable bonds is 2. The van der Waals surface area contributed by atoms with Crippen molar-refractivity contribution in [1.29, 1.82) is 0 Å². The maximum absolute atomic E-state index is 11.5. The van der Waals surface area contributed by atoms with E-state index in [4.69, 9.17) is 17.3 Å². The molecule has 1 aromatic heterocycles. The molecule has 94 valence electrons. The summed E-state index contributed by atoms with van der Waals surface area (Å²) in [7, 11) is -3.25. The molecule has 0 saturated carbocycles. The van der Waals surface area contributed by atoms with Gasteiger partial charge in [0.15, 0.2) is 9.84 Å². The van der Waals surface area contributed by atoms with Gasteiger partial charge >= 0.3 is 0 Å². The summed E-state index contributed by atoms with van der Waals surface area (Å²) in [5.74, 6) is 0.310. The van der Waals surface area contributed by atoms with Crippen molar-refractivity contribution < 1.29 is 8.42 Å². The number of aromatic nitrogens is 1. The molecule has 0 aliphatic rings. The third-order valence-corrected chi connectivity index (χ3v) is 3.78. The summed E-state index contributed by atoms with van der Waals surface area (Å²) in [6.45, 7) is 0. The quantitative estimate of drug-likeness (QED) is 0.918. The number of sulfone groups is 1. The highest BCUT2D eigenvalue weighted by molar-refractivity contribution is 7.90. The van der Waals surface area contributed by atoms with E-state index in [-0.39, 0.29) is 4.90 Å². The Bertz CT molecular complexity index is 699. The molecule has 2 rings (SSSR count). The number of nitrogens with zero attached hydrogens (tertiary/aromatic N) is 1. The van der Waals surface area contributed by atoms with Crippen molar-refractivity contribution in [2.45, 2.75) is 4.90 Å². The van der Waals surface area contributed by atoms with Gasteiger partial charge in [0.1, 0.15) is 5.82 Å². The Morgan fingerprint density at radius 2 is 2.00 bits per heavy atom. The summed E-state index contributed by atoms with van der Waals surface area (Å²) in [4.78, 5) is 4.18. The normalized spacial score (nSPS) is 11.4. The van der Waals surface area contributed by atoms with Crippen molar-refractivity contribution in [2.75, 3.05) is 12.0 Å². The second-order valence-corrected chi connectivity index (χ2v) is 6.34. The van der Waals surface area contributed by atoms with Gasteiger partial charge in [0.05, 0.1) is 9.92 Å². The molecule has 0 bridgehead atoms. The molecular formula is C12H11ClN2O2S. The zero-order valence-electron chi connectivity index (χ0n) is 9.59. The lowest BCUT2D eigenvalue weighted by Crippen LogP contribution is -1.98. The molecule has 0 spiro atoms. The van der Waals surface area contributed by atoms with Crippen molar-refractivity contribution in [3.8, 4) is 11.1 Å². The van der Waals surface area contributed by atoms with Crippen LogP contribution in [0.5, 0.6) is 0 Å². The summed E-state index contributed by atoms with van der Waals surface area (Å²) in [5, 5.41) is 0.448. The third kappa shape index (κ3) is 2.63. The smallest absolute Gasteiger partial charge is 0.175 e. The third-order valence-electron chi connectivity index (χ3n) is 2.46. The van der Waals surface area contributed by atoms with Gasteiger partial charge in [-0.1, -0.05) is 23.7 Å². The first kappa shape index (κ1) is 12.9. The molecule has 18 heavy (non-hydrogen) atoms. The van der Waals surface area contributed by atoms with Crippen molar-refractivity contribution in [1.82, 2.24) is 4.98 Å². The second kappa shape index (κ2) is 4.59. The van der Waals surface area contributed by atoms with Gasteiger partial charge in [0.2, 0.25) is 0 Å². The first-order valence-corrected chi connectivity index (χ1v) is 7.36. The maximum atomic E-state index is 11.5. The lowest BCUT2D eigenvalue weighted by atomic mass is 10.1. The molecule has 0 aliphatic heterocycles. The lowest BCUT2D eigenvalue weighted by molar-refractivity contribution is 0.602. The van der Waals surface area contributed by atoms with Crippen LogP contribution in [0.15, 0.2) is 41.4 Å². The molecule has 1 heterocycles. The number of anilines is 1. The Morgan fingerprint density at radius 3 is 2.67 bits per heavy atom. The van der Waals surface area contributed by atoms with Crippen LogP contribution in [-0.2, 0) is 9.84 Å². The van der Waals surface area contributed by atoms with E-state index in [0.29, 0.717) is 22.0 Å². The fraction of sp³-hybridized carbons (Fsp3) is 0.0833. The highest BCUT2D eigenvalue weighted by Crippen LogP contribution is 2.28. The molecule has 1 aromatic carbocycles. The van der Waals surface area contributed by atoms with Crippen LogP contribution in [-0.4, -0.2) is 19.7 Å². The van der Waals surface area contributed by atoms with Gasteiger partial charge in [0.25, 0.3) is 0 Å². The van der Waals surface area contributed by atoms with Gasteiger partial charge in [0, 0.05) is 18.0 Å². The van der Waals surface area contributed by atoms with Gasteiger partial charge in [-0.15, -0.1) is 0 Å². The molecule has 2 N–H and O–H groups in total. The van der Waals surface area contributed by atoms with Crippen LogP contribution < -0.4 is 5.73 Å². The molecule has 0 fully saturated rings. The van der Waals surface area contributed by atoms with Crippen LogP contribution in [0.3, 0.4) is 0 Å². The standard InChI is InChI=1S/C12H11ClN2O2S/c1-18(16,17)10-4-2-3-8(5-10)11-6-9(13)7-15-12(11)14/h2-7H,1H3,(H2,14,15). The Kier molecular flexibility index (Phi) is 3.28. The molecule has 0 radical (unpaired) electrons. The van der Waals surface area contributed by atoms with Gasteiger partial charge in [-0.05, 0) is 23.8 Å². The first-order chi connectivity index (χ1) is 8.38. The summed E-state index contributed by atoms with van der Waals surface area (Å²) >= 11 is 5.86. The minimum atomic E-state index is -3.25. The van der Waals surface area contributed by atoms with Crippen LogP contribution in [0.2, 0.25) is 5.02 Å². The number of halogens is 1. The van der Waals surface area contributed by atoms with Crippen LogP contribution in [0, 0.1) is 0 Å². The van der Waals surface area contributed by atoms with E-state index in [1.165, 1.54) is 12.3 Å². The number of benzene rings is 1. The molecular weight excluding hydrogens is 272 g/mol. The van der Waals surface area contributed by atoms with Crippen molar-refractivity contribution >= 4 is 27.3 Å². The Morgan fingerprint density at radius 1 is 1.28 bits per heavy atom. The first-order valence-electron chi connectivity index (χ1n) is 5.09. The summed E-state index contributed by atoms with van der Waals surface area (Å²) < 4.78 is 23.0. The lowest BCUT2D eigenvalue weighted by Gasteiger charge is -2.07. The van der Waals surface area contributed by atoms with Crippen molar-refractivity contribution in [3.05, 3.63) is 41.6 Å². The number of nitrogen functional groups attached to an aromatic ring is 1. The highest BCUT2D eigenvalue weighted by Gasteiger charge is 2.10. The average molecular weight is 283 g/mol. The van der Waals surface area contributed by atoms with E-state index in [2.05, 4.69) is 4.98 Å². The summed E-state index contributed by atoms with van der Waals surface area (Å²) in [5.41, 5.74) is 7.05. The molecule has 0 atom stereocenters. The van der Waals surface area contributed by atoms with E-state index in [1.807, 2.05) is 0 Å². The number of pyridine rings is 1. The van der Waals surface area contributed by atoms with Gasteiger partial charge in [-0.2, -0.15) is 0 Å². The fourth-order valence-corrected chi connectivity index (χ4v) is 2.40. The Hall–Kier alpha value is -1.59. The highest BCUT2D eigenvalue weighted by atomic mass is 35.5. The molecule has 0 amide bonds. The molecule has 0 unspecified atom stereocenters. The van der Waals surface area contributed by atoms with E-state index < -0.39 is 9.84 Å². The van der Waals surface area contributed by atoms with Crippen LogP contribution in [0.1, 0.15) is 0 Å². The molecule has 4 nitrogen and oxygen atoms in total. The topological polar surface area (TPSA) is 73.0 Å². The minimum absolute atomic E-state index is 0.236. The van der Waals surface area contributed by atoms with Crippen LogP contribution >= 0.6 is 11.6 Å².